The van der Waals surface area contributed by atoms with Gasteiger partial charge >= 0.3 is 16.5 Å². The molecule has 6 nitrogen and oxygen atoms in total. The van der Waals surface area contributed by atoms with Crippen LogP contribution >= 0.6 is 0 Å². The smallest absolute Gasteiger partial charge is 0.366 e. The molecule has 1 rings (SSSR count). The summed E-state index contributed by atoms with van der Waals surface area (Å²) in [6.45, 7) is 3.37. The lowest BCUT2D eigenvalue weighted by molar-refractivity contribution is 0.527. The van der Waals surface area contributed by atoms with Crippen molar-refractivity contribution in [3.63, 3.8) is 0 Å². The lowest BCUT2D eigenvalue weighted by Gasteiger charge is -2.34. The van der Waals surface area contributed by atoms with E-state index in [1.807, 2.05) is 0 Å². The first kappa shape index (κ1) is 18.2. The summed E-state index contributed by atoms with van der Waals surface area (Å²) in [5.74, 6) is 0.351. The van der Waals surface area contributed by atoms with Gasteiger partial charge in [0.2, 0.25) is 0 Å². The second kappa shape index (κ2) is 6.58. The Morgan fingerprint density at radius 3 is 2.47 bits per heavy atom. The zero-order chi connectivity index (χ0) is 13.8. The molecule has 0 saturated heterocycles. The minimum Gasteiger partial charge on any atom is -0.788 e. The summed E-state index contributed by atoms with van der Waals surface area (Å²) in [5.41, 5.74) is 0. The quantitative estimate of drug-likeness (QED) is 0.342. The highest BCUT2D eigenvalue weighted by Crippen LogP contribution is 2.31. The van der Waals surface area contributed by atoms with Gasteiger partial charge in [-0.3, -0.25) is 9.71 Å². The Balaban J connectivity index is 0.00000324. The molecule has 1 aromatic carbocycles. The zero-order valence-corrected chi connectivity index (χ0v) is 15.9. The molecule has 0 amide bonds. The van der Waals surface area contributed by atoms with Gasteiger partial charge < -0.3 is 14.2 Å². The van der Waals surface area contributed by atoms with Gasteiger partial charge in [0.15, 0.2) is 0 Å². The van der Waals surface area contributed by atoms with Gasteiger partial charge in [0.1, 0.15) is 23.1 Å². The number of ether oxygens (including phenoxy) is 1. The maximum absolute atomic E-state index is 12.1. The van der Waals surface area contributed by atoms with Crippen molar-refractivity contribution in [2.45, 2.75) is 4.90 Å². The molecule has 0 fully saturated rings. The summed E-state index contributed by atoms with van der Waals surface area (Å²) in [4.78, 5) is 0.230. The standard InChI is InChI=1S/C10H13N2O4S.2Al.4H/c1-3-17(2,14,15)9-6-4-8(5-7-9)16-10(11)12-13;;;;;;/h3-7H,1H2,2H3,(H3-,11,12,13,14,15);;;;;;/q-1;;+1;;;;/p-1. The molecule has 9 heteroatoms. The molecule has 1 aromatic rings. The van der Waals surface area contributed by atoms with Crippen LogP contribution in [0.1, 0.15) is 0 Å². The van der Waals surface area contributed by atoms with E-state index in [1.165, 1.54) is 30.5 Å². The molecular weight excluding hydrogens is 298 g/mol. The summed E-state index contributed by atoms with van der Waals surface area (Å²) in [5, 5.41) is 14.0. The third-order valence-corrected chi connectivity index (χ3v) is 4.93. The van der Waals surface area contributed by atoms with Crippen LogP contribution in [0.25, 0.3) is 0 Å². The highest BCUT2D eigenvalue weighted by Gasteiger charge is 2.19. The molecule has 0 saturated carbocycles. The lowest BCUT2D eigenvalue weighted by Crippen LogP contribution is -2.27. The van der Waals surface area contributed by atoms with Crippen LogP contribution in [0.15, 0.2) is 46.3 Å². The van der Waals surface area contributed by atoms with E-state index in [4.69, 9.17) is 4.74 Å². The van der Waals surface area contributed by atoms with Gasteiger partial charge in [-0.2, -0.15) is 4.21 Å². The zero-order valence-electron chi connectivity index (χ0n) is 11.1. The SMILES string of the molecule is C=CS(C)(=O)(O)c1ccc(O/C(=N/[O-])[NH][AlH2])cc1.[AlH2]. The fraction of sp³-hybridized carbons (Fsp3) is 0.100. The van der Waals surface area contributed by atoms with Crippen LogP contribution in [-0.2, 0) is 9.35 Å². The number of nitrogens with one attached hydrogen (secondary N) is 1. The molecule has 19 heavy (non-hydrogen) atoms. The molecule has 0 aliphatic rings. The molecule has 0 aliphatic carbocycles. The van der Waals surface area contributed by atoms with Gasteiger partial charge in [0.05, 0.1) is 4.90 Å². The Hall–Kier alpha value is -0.795. The Bertz CT molecular complexity index is 539. The van der Waals surface area contributed by atoms with E-state index in [0.717, 1.165) is 5.41 Å². The van der Waals surface area contributed by atoms with Crippen LogP contribution in [0.2, 0.25) is 0 Å². The molecular formula is C10H16Al2N2O4S-. The topological polar surface area (TPSA) is 94.0 Å². The molecule has 0 heterocycles. The molecule has 0 unspecified atom stereocenters. The molecule has 1 radical (unpaired) electrons. The van der Waals surface area contributed by atoms with Gasteiger partial charge in [-0.15, -0.1) is 9.35 Å². The fourth-order valence-electron chi connectivity index (χ4n) is 1.16. The van der Waals surface area contributed by atoms with Crippen molar-refractivity contribution in [2.75, 3.05) is 6.26 Å². The van der Waals surface area contributed by atoms with Crippen LogP contribution in [-0.4, -0.2) is 54.9 Å². The molecule has 0 aliphatic heterocycles. The predicted molar refractivity (Wildman–Crippen MR) is 83.3 cm³/mol. The van der Waals surface area contributed by atoms with Crippen molar-refractivity contribution >= 4 is 49.2 Å². The number of hydrogen-bond acceptors (Lipinski definition) is 4. The third kappa shape index (κ3) is 4.66. The van der Waals surface area contributed by atoms with Gasteiger partial charge in [0.25, 0.3) is 6.02 Å². The van der Waals surface area contributed by atoms with Crippen molar-refractivity contribution in [2.24, 2.45) is 5.16 Å². The number of nitrogens with zero attached hydrogens (tertiary/aromatic N) is 1. The fourth-order valence-corrected chi connectivity index (χ4v) is 2.35. The van der Waals surface area contributed by atoms with E-state index in [9.17, 15) is 14.0 Å². The molecule has 2 N–H and O–H groups in total. The number of amidine groups is 1. The van der Waals surface area contributed by atoms with Crippen molar-refractivity contribution in [1.29, 1.82) is 0 Å². The second-order valence-corrected chi connectivity index (χ2v) is 7.76. The highest BCUT2D eigenvalue weighted by molar-refractivity contribution is 8.17. The van der Waals surface area contributed by atoms with E-state index in [-0.39, 0.29) is 28.3 Å². The van der Waals surface area contributed by atoms with E-state index < -0.39 is 9.35 Å². The third-order valence-electron chi connectivity index (χ3n) is 2.30. The van der Waals surface area contributed by atoms with Crippen LogP contribution in [0, 0.1) is 5.21 Å². The normalized spacial score (nSPS) is 13.6. The molecule has 0 aromatic heterocycles. The monoisotopic (exact) mass is 314 g/mol. The van der Waals surface area contributed by atoms with Crippen LogP contribution in [0.3, 0.4) is 0 Å². The van der Waals surface area contributed by atoms with Crippen molar-refractivity contribution < 1.29 is 13.5 Å². The average Bonchev–Trinajstić information content (AvgIpc) is 2.36. The average molecular weight is 314 g/mol. The summed E-state index contributed by atoms with van der Waals surface area (Å²) >= 11 is 0.526. The Morgan fingerprint density at radius 1 is 1.58 bits per heavy atom. The Kier molecular flexibility index (Phi) is 6.30. The van der Waals surface area contributed by atoms with Crippen LogP contribution in [0.4, 0.5) is 0 Å². The van der Waals surface area contributed by atoms with Crippen molar-refractivity contribution in [1.82, 2.24) is 4.30 Å². The van der Waals surface area contributed by atoms with Gasteiger partial charge in [0, 0.05) is 11.7 Å². The summed E-state index contributed by atoms with van der Waals surface area (Å²) in [6, 6.07) is 5.73. The lowest BCUT2D eigenvalue weighted by atomic mass is 10.3. The van der Waals surface area contributed by atoms with Gasteiger partial charge in [-0.05, 0) is 24.3 Å². The van der Waals surface area contributed by atoms with Gasteiger partial charge in [-0.1, -0.05) is 6.58 Å². The van der Waals surface area contributed by atoms with Crippen molar-refractivity contribution in [3.8, 4) is 5.75 Å². The molecule has 0 spiro atoms. The maximum atomic E-state index is 12.1. The number of rotatable bonds is 3. The molecule has 103 valence electrons. The van der Waals surface area contributed by atoms with Crippen molar-refractivity contribution in [3.05, 3.63) is 41.5 Å². The van der Waals surface area contributed by atoms with E-state index in [0.29, 0.717) is 22.3 Å². The number of benzene rings is 1. The molecule has 0 bridgehead atoms. The first-order chi connectivity index (χ1) is 8.30. The van der Waals surface area contributed by atoms with Crippen LogP contribution in [0.5, 0.6) is 5.75 Å². The maximum Gasteiger partial charge on any atom is 0.366 e. The minimum atomic E-state index is -3.99. The van der Waals surface area contributed by atoms with Gasteiger partial charge in [-0.25, -0.2) is 0 Å². The summed E-state index contributed by atoms with van der Waals surface area (Å²) in [6.07, 6.45) is 1.21. The summed E-state index contributed by atoms with van der Waals surface area (Å²) < 4.78 is 29.8. The Morgan fingerprint density at radius 2 is 2.11 bits per heavy atom. The first-order valence-corrected chi connectivity index (χ1v) is 8.39. The van der Waals surface area contributed by atoms with E-state index >= 15 is 0 Å². The highest BCUT2D eigenvalue weighted by atomic mass is 32.3. The largest absolute Gasteiger partial charge is 0.788 e. The Labute approximate surface area is 130 Å². The minimum absolute atomic E-state index is 0. The molecule has 0 atom stereocenters. The van der Waals surface area contributed by atoms with E-state index in [1.54, 1.807) is 0 Å². The summed E-state index contributed by atoms with van der Waals surface area (Å²) in [7, 11) is -3.99. The first-order valence-electron chi connectivity index (χ1n) is 4.99. The predicted octanol–water partition coefficient (Wildman–Crippen LogP) is -0.434. The van der Waals surface area contributed by atoms with E-state index in [2.05, 4.69) is 16.0 Å². The van der Waals surface area contributed by atoms with Crippen LogP contribution < -0.4 is 9.04 Å². The number of hydrogen-bond donors (Lipinski definition) is 2. The second-order valence-electron chi connectivity index (χ2n) is 3.74.